The number of hydrogen-bond acceptors (Lipinski definition) is 13. The third-order valence-corrected chi connectivity index (χ3v) is 11.3. The van der Waals surface area contributed by atoms with Gasteiger partial charge in [-0.3, -0.25) is 9.97 Å². The van der Waals surface area contributed by atoms with E-state index in [4.69, 9.17) is 19.7 Å². The van der Waals surface area contributed by atoms with Crippen molar-refractivity contribution in [1.82, 2.24) is 29.9 Å². The van der Waals surface area contributed by atoms with Crippen LogP contribution < -0.4 is 24.8 Å². The number of β-amino-alcohol motifs (C(OH)–C–C–N with tert-alkyl or cyclic N) is 2. The van der Waals surface area contributed by atoms with Crippen molar-refractivity contribution in [3.05, 3.63) is 138 Å². The number of aromatic nitrogens is 6. The molecule has 0 saturated carbocycles. The Morgan fingerprint density at radius 3 is 2.04 bits per heavy atom. The van der Waals surface area contributed by atoms with Crippen molar-refractivity contribution in [3.8, 4) is 5.75 Å². The van der Waals surface area contributed by atoms with E-state index in [1.54, 1.807) is 24.8 Å². The first kappa shape index (κ1) is 35.0. The normalized spacial score (nSPS) is 18.5. The molecule has 4 aromatic heterocycles. The van der Waals surface area contributed by atoms with E-state index in [0.717, 1.165) is 99.5 Å². The Balaban J connectivity index is 0.733. The monoisotopic (exact) mass is 758 g/mol. The van der Waals surface area contributed by atoms with E-state index in [-0.39, 0.29) is 11.8 Å². The van der Waals surface area contributed by atoms with Crippen LogP contribution in [0.1, 0.15) is 34.4 Å². The van der Waals surface area contributed by atoms with Gasteiger partial charge in [0.25, 0.3) is 0 Å². The van der Waals surface area contributed by atoms with Crippen molar-refractivity contribution < 1.29 is 14.9 Å². The lowest BCUT2D eigenvalue weighted by atomic mass is 9.95. The summed E-state index contributed by atoms with van der Waals surface area (Å²) in [5, 5.41) is 25.9. The van der Waals surface area contributed by atoms with Crippen LogP contribution in [0.5, 0.6) is 5.75 Å². The lowest BCUT2D eigenvalue weighted by Crippen LogP contribution is -2.46. The van der Waals surface area contributed by atoms with Crippen LogP contribution >= 0.6 is 0 Å². The Morgan fingerprint density at radius 1 is 0.596 bits per heavy atom. The molecule has 10 rings (SSSR count). The molecule has 13 heteroatoms. The van der Waals surface area contributed by atoms with Gasteiger partial charge in [-0.25, -0.2) is 19.9 Å². The van der Waals surface area contributed by atoms with Crippen LogP contribution in [0.3, 0.4) is 0 Å². The maximum Gasteiger partial charge on any atom is 0.150 e. The molecule has 3 saturated heterocycles. The van der Waals surface area contributed by atoms with Crippen molar-refractivity contribution in [3.63, 3.8) is 0 Å². The first-order valence-corrected chi connectivity index (χ1v) is 19.5. The lowest BCUT2D eigenvalue weighted by Gasteiger charge is -2.40. The highest BCUT2D eigenvalue weighted by atomic mass is 16.5. The summed E-state index contributed by atoms with van der Waals surface area (Å²) in [5.74, 6) is 4.73. The molecule has 7 aromatic rings. The van der Waals surface area contributed by atoms with Gasteiger partial charge >= 0.3 is 0 Å². The van der Waals surface area contributed by atoms with Gasteiger partial charge in [0, 0.05) is 93.2 Å². The number of anilines is 4. The third kappa shape index (κ3) is 7.00. The van der Waals surface area contributed by atoms with Gasteiger partial charge < -0.3 is 35.0 Å². The molecule has 0 aliphatic carbocycles. The van der Waals surface area contributed by atoms with Gasteiger partial charge in [-0.15, -0.1) is 0 Å². The van der Waals surface area contributed by atoms with Crippen LogP contribution in [0, 0.1) is 0 Å². The number of benzene rings is 3. The summed E-state index contributed by atoms with van der Waals surface area (Å²) in [6, 6.07) is 30.9. The summed E-state index contributed by atoms with van der Waals surface area (Å²) < 4.78 is 6.26. The van der Waals surface area contributed by atoms with E-state index < -0.39 is 12.2 Å². The number of nitrogens with one attached hydrogen (secondary N) is 1. The minimum Gasteiger partial charge on any atom is -0.489 e. The predicted octanol–water partition coefficient (Wildman–Crippen LogP) is 5.30. The van der Waals surface area contributed by atoms with Crippen molar-refractivity contribution >= 4 is 45.1 Å². The molecule has 0 bridgehead atoms. The van der Waals surface area contributed by atoms with Crippen LogP contribution in [0.15, 0.2) is 116 Å². The largest absolute Gasteiger partial charge is 0.489 e. The Morgan fingerprint density at radius 2 is 1.25 bits per heavy atom. The minimum absolute atomic E-state index is 0.186. The molecule has 0 radical (unpaired) electrons. The molecule has 13 nitrogen and oxygen atoms in total. The van der Waals surface area contributed by atoms with E-state index >= 15 is 0 Å². The fourth-order valence-corrected chi connectivity index (χ4v) is 8.07. The van der Waals surface area contributed by atoms with Gasteiger partial charge in [0.15, 0.2) is 5.82 Å². The quantitative estimate of drug-likeness (QED) is 0.157. The van der Waals surface area contributed by atoms with Crippen LogP contribution in [-0.2, 0) is 13.2 Å². The summed E-state index contributed by atoms with van der Waals surface area (Å²) in [4.78, 5) is 34.9. The number of aliphatic hydroxyl groups is 2. The number of nitrogens with zero attached hydrogens (tertiary/aromatic N) is 9. The van der Waals surface area contributed by atoms with Crippen LogP contribution in [-0.4, -0.2) is 91.6 Å². The zero-order chi connectivity index (χ0) is 38.3. The molecular formula is C44H42N10O3. The molecule has 3 aliphatic rings. The van der Waals surface area contributed by atoms with Gasteiger partial charge in [0.05, 0.1) is 34.6 Å². The molecule has 3 aromatic carbocycles. The maximum absolute atomic E-state index is 10.1. The molecule has 2 unspecified atom stereocenters. The molecule has 57 heavy (non-hydrogen) atoms. The smallest absolute Gasteiger partial charge is 0.150 e. The molecule has 3 N–H and O–H groups in total. The third-order valence-electron chi connectivity index (χ3n) is 11.3. The minimum atomic E-state index is -0.778. The number of fused-ring (bicyclic) bond motifs is 2. The summed E-state index contributed by atoms with van der Waals surface area (Å²) in [6.07, 6.45) is 5.32. The van der Waals surface area contributed by atoms with E-state index in [1.165, 1.54) is 0 Å². The zero-order valence-corrected chi connectivity index (χ0v) is 31.3. The van der Waals surface area contributed by atoms with E-state index in [9.17, 15) is 10.2 Å². The fraction of sp³-hybridized carbons (Fsp3) is 0.273. The average molecular weight is 759 g/mol. The number of rotatable bonds is 11. The highest BCUT2D eigenvalue weighted by Gasteiger charge is 2.37. The SMILES string of the molecule is OC1CN(c2nccnc2C2CN(c3ccc4c(COc5ccc(CNc6nccnc6C6CN(c7ccc8ccccc8n7)C6)cc5)cccc4n3)C2)CC1O. The Kier molecular flexibility index (Phi) is 9.15. The first-order valence-electron chi connectivity index (χ1n) is 19.5. The topological polar surface area (TPSA) is 149 Å². The van der Waals surface area contributed by atoms with E-state index in [0.29, 0.717) is 26.2 Å². The summed E-state index contributed by atoms with van der Waals surface area (Å²) in [5.41, 5.74) is 5.99. The first-order chi connectivity index (χ1) is 28.0. The zero-order valence-electron chi connectivity index (χ0n) is 31.3. The van der Waals surface area contributed by atoms with Crippen LogP contribution in [0.2, 0.25) is 0 Å². The summed E-state index contributed by atoms with van der Waals surface area (Å²) >= 11 is 0. The fourth-order valence-electron chi connectivity index (χ4n) is 8.07. The van der Waals surface area contributed by atoms with Crippen molar-refractivity contribution in [2.75, 3.05) is 59.3 Å². The number of ether oxygens (including phenoxy) is 1. The Hall–Kier alpha value is -6.44. The van der Waals surface area contributed by atoms with Crippen molar-refractivity contribution in [2.24, 2.45) is 0 Å². The van der Waals surface area contributed by atoms with Gasteiger partial charge in [0.1, 0.15) is 29.8 Å². The van der Waals surface area contributed by atoms with Crippen LogP contribution in [0.25, 0.3) is 21.8 Å². The molecule has 0 spiro atoms. The number of para-hydroxylation sites is 1. The highest BCUT2D eigenvalue weighted by molar-refractivity contribution is 5.84. The Bertz CT molecular complexity index is 2530. The second-order valence-electron chi connectivity index (χ2n) is 15.1. The number of aliphatic hydroxyl groups excluding tert-OH is 2. The highest BCUT2D eigenvalue weighted by Crippen LogP contribution is 2.36. The van der Waals surface area contributed by atoms with Crippen molar-refractivity contribution in [1.29, 1.82) is 0 Å². The molecule has 3 fully saturated rings. The Labute approximate surface area is 329 Å². The second-order valence-corrected chi connectivity index (χ2v) is 15.1. The van der Waals surface area contributed by atoms with Gasteiger partial charge in [-0.05, 0) is 59.7 Å². The second kappa shape index (κ2) is 14.9. The molecular weight excluding hydrogens is 717 g/mol. The summed E-state index contributed by atoms with van der Waals surface area (Å²) in [7, 11) is 0. The lowest BCUT2D eigenvalue weighted by molar-refractivity contribution is 0.0572. The molecule has 0 amide bonds. The van der Waals surface area contributed by atoms with Gasteiger partial charge in [-0.1, -0.05) is 42.5 Å². The predicted molar refractivity (Wildman–Crippen MR) is 220 cm³/mol. The standard InChI is InChI=1S/C44H42N10O3/c55-37-25-54(26-38(37)56)44-42(46-17-19-48-44)32-23-53(24-32)40-15-13-34-30(5-3-7-36(34)51-40)27-57-33-11-8-28(9-12-33)20-49-43-41(45-16-18-47-43)31-21-52(22-31)39-14-10-29-4-1-2-6-35(29)50-39/h1-19,31-32,37-38,55-56H,20-27H2,(H,47,49). The van der Waals surface area contributed by atoms with Gasteiger partial charge in [-0.2, -0.15) is 0 Å². The summed E-state index contributed by atoms with van der Waals surface area (Å²) in [6.45, 7) is 4.98. The average Bonchev–Trinajstić information content (AvgIpc) is 3.56. The van der Waals surface area contributed by atoms with Crippen LogP contribution in [0.4, 0.5) is 23.3 Å². The molecule has 3 aliphatic heterocycles. The molecule has 286 valence electrons. The number of hydrogen-bond donors (Lipinski definition) is 3. The number of pyridine rings is 2. The van der Waals surface area contributed by atoms with E-state index in [1.807, 2.05) is 41.3 Å². The van der Waals surface area contributed by atoms with Gasteiger partial charge in [0.2, 0.25) is 0 Å². The van der Waals surface area contributed by atoms with Crippen molar-refractivity contribution in [2.45, 2.75) is 37.2 Å². The van der Waals surface area contributed by atoms with E-state index in [2.05, 4.69) is 84.7 Å². The molecule has 2 atom stereocenters. The molecule has 7 heterocycles. The maximum atomic E-state index is 10.1.